The monoisotopic (exact) mass is 289 g/mol. The lowest BCUT2D eigenvalue weighted by atomic mass is 9.99. The highest BCUT2D eigenvalue weighted by atomic mass is 79.9. The van der Waals surface area contributed by atoms with Crippen molar-refractivity contribution in [3.05, 3.63) is 70.5 Å². The summed E-state index contributed by atoms with van der Waals surface area (Å²) in [6, 6.07) is 11.9. The molecule has 1 aromatic heterocycles. The summed E-state index contributed by atoms with van der Waals surface area (Å²) in [7, 11) is 0. The standard InChI is InChI=1S/C14H12BrNO/c15-13-5-3-11(4-6-13)14(7-9-17)12-2-1-8-16-10-12/h1-8,10,17H,9H2. The summed E-state index contributed by atoms with van der Waals surface area (Å²) in [4.78, 5) is 4.10. The van der Waals surface area contributed by atoms with E-state index in [1.807, 2.05) is 36.4 Å². The molecule has 0 fully saturated rings. The van der Waals surface area contributed by atoms with Crippen molar-refractivity contribution in [1.82, 2.24) is 4.98 Å². The number of pyridine rings is 1. The number of benzene rings is 1. The van der Waals surface area contributed by atoms with Crippen LogP contribution in [0, 0.1) is 0 Å². The number of hydrogen-bond acceptors (Lipinski definition) is 2. The fourth-order valence-corrected chi connectivity index (χ4v) is 1.91. The molecule has 0 saturated carbocycles. The second kappa shape index (κ2) is 5.75. The second-order valence-corrected chi connectivity index (χ2v) is 4.46. The van der Waals surface area contributed by atoms with Gasteiger partial charge < -0.3 is 5.11 Å². The van der Waals surface area contributed by atoms with Crippen LogP contribution >= 0.6 is 15.9 Å². The van der Waals surface area contributed by atoms with E-state index >= 15 is 0 Å². The summed E-state index contributed by atoms with van der Waals surface area (Å²) in [6.07, 6.45) is 5.32. The van der Waals surface area contributed by atoms with E-state index in [0.29, 0.717) is 0 Å². The van der Waals surface area contributed by atoms with Gasteiger partial charge in [0.25, 0.3) is 0 Å². The topological polar surface area (TPSA) is 33.1 Å². The minimum atomic E-state index is 0.0142. The van der Waals surface area contributed by atoms with Crippen molar-refractivity contribution in [3.8, 4) is 0 Å². The van der Waals surface area contributed by atoms with Crippen LogP contribution in [0.2, 0.25) is 0 Å². The molecular weight excluding hydrogens is 278 g/mol. The van der Waals surface area contributed by atoms with Crippen molar-refractivity contribution in [3.63, 3.8) is 0 Å². The molecule has 0 atom stereocenters. The Bertz CT molecular complexity index is 506. The fourth-order valence-electron chi connectivity index (χ4n) is 1.65. The summed E-state index contributed by atoms with van der Waals surface area (Å²) in [5.41, 5.74) is 3.06. The van der Waals surface area contributed by atoms with Crippen LogP contribution in [0.3, 0.4) is 0 Å². The van der Waals surface area contributed by atoms with Crippen LogP contribution in [0.25, 0.3) is 5.57 Å². The summed E-state index contributed by atoms with van der Waals surface area (Å²) in [5.74, 6) is 0. The quantitative estimate of drug-likeness (QED) is 0.941. The van der Waals surface area contributed by atoms with E-state index in [2.05, 4.69) is 20.9 Å². The molecule has 2 aromatic rings. The maximum atomic E-state index is 9.11. The zero-order chi connectivity index (χ0) is 12.1. The lowest BCUT2D eigenvalue weighted by molar-refractivity contribution is 0.343. The van der Waals surface area contributed by atoms with Gasteiger partial charge in [0.1, 0.15) is 0 Å². The van der Waals surface area contributed by atoms with Gasteiger partial charge in [0.15, 0.2) is 0 Å². The molecule has 2 rings (SSSR count). The Morgan fingerprint density at radius 1 is 1.18 bits per heavy atom. The number of aliphatic hydroxyl groups excluding tert-OH is 1. The van der Waals surface area contributed by atoms with Gasteiger partial charge in [0.2, 0.25) is 0 Å². The smallest absolute Gasteiger partial charge is 0.0621 e. The normalized spacial score (nSPS) is 11.5. The van der Waals surface area contributed by atoms with Crippen LogP contribution in [0.4, 0.5) is 0 Å². The summed E-state index contributed by atoms with van der Waals surface area (Å²) < 4.78 is 1.04. The van der Waals surface area contributed by atoms with Crippen LogP contribution in [0.1, 0.15) is 11.1 Å². The Morgan fingerprint density at radius 3 is 2.53 bits per heavy atom. The molecule has 0 amide bonds. The third-order valence-corrected chi connectivity index (χ3v) is 2.95. The Hall–Kier alpha value is -1.45. The Labute approximate surface area is 109 Å². The molecule has 86 valence electrons. The molecule has 0 radical (unpaired) electrons. The fraction of sp³-hybridized carbons (Fsp3) is 0.0714. The highest BCUT2D eigenvalue weighted by Crippen LogP contribution is 2.23. The van der Waals surface area contributed by atoms with Gasteiger partial charge in [-0.25, -0.2) is 0 Å². The number of aromatic nitrogens is 1. The van der Waals surface area contributed by atoms with Crippen LogP contribution in [-0.4, -0.2) is 16.7 Å². The van der Waals surface area contributed by atoms with Gasteiger partial charge in [-0.1, -0.05) is 40.2 Å². The number of hydrogen-bond donors (Lipinski definition) is 1. The molecule has 0 spiro atoms. The zero-order valence-electron chi connectivity index (χ0n) is 9.18. The molecule has 0 aliphatic rings. The predicted octanol–water partition coefficient (Wildman–Crippen LogP) is 3.27. The van der Waals surface area contributed by atoms with Gasteiger partial charge in [-0.3, -0.25) is 4.98 Å². The minimum absolute atomic E-state index is 0.0142. The third kappa shape index (κ3) is 3.02. The van der Waals surface area contributed by atoms with Crippen LogP contribution in [0.15, 0.2) is 59.3 Å². The van der Waals surface area contributed by atoms with Gasteiger partial charge >= 0.3 is 0 Å². The molecule has 3 heteroatoms. The number of aliphatic hydroxyl groups is 1. The van der Waals surface area contributed by atoms with Crippen LogP contribution in [0.5, 0.6) is 0 Å². The van der Waals surface area contributed by atoms with Crippen molar-refractivity contribution in [2.75, 3.05) is 6.61 Å². The first-order valence-corrected chi connectivity index (χ1v) is 6.08. The molecule has 1 aromatic carbocycles. The molecule has 0 aliphatic heterocycles. The van der Waals surface area contributed by atoms with Crippen LogP contribution in [-0.2, 0) is 0 Å². The van der Waals surface area contributed by atoms with E-state index in [9.17, 15) is 0 Å². The van der Waals surface area contributed by atoms with E-state index in [4.69, 9.17) is 5.11 Å². The lowest BCUT2D eigenvalue weighted by Gasteiger charge is -2.07. The summed E-state index contributed by atoms with van der Waals surface area (Å²) in [5, 5.41) is 9.11. The van der Waals surface area contributed by atoms with Gasteiger partial charge in [-0.2, -0.15) is 0 Å². The van der Waals surface area contributed by atoms with Gasteiger partial charge in [0, 0.05) is 22.4 Å². The first-order chi connectivity index (χ1) is 8.31. The first kappa shape index (κ1) is 12.0. The largest absolute Gasteiger partial charge is 0.392 e. The van der Waals surface area contributed by atoms with Crippen molar-refractivity contribution in [2.24, 2.45) is 0 Å². The number of nitrogens with zero attached hydrogens (tertiary/aromatic N) is 1. The average Bonchev–Trinajstić information content (AvgIpc) is 2.38. The molecule has 2 nitrogen and oxygen atoms in total. The van der Waals surface area contributed by atoms with Crippen molar-refractivity contribution < 1.29 is 5.11 Å². The maximum absolute atomic E-state index is 9.11. The third-order valence-electron chi connectivity index (χ3n) is 2.42. The average molecular weight is 290 g/mol. The molecule has 1 heterocycles. The van der Waals surface area contributed by atoms with Gasteiger partial charge in [-0.15, -0.1) is 0 Å². The minimum Gasteiger partial charge on any atom is -0.392 e. The SMILES string of the molecule is OCC=C(c1ccc(Br)cc1)c1cccnc1. The van der Waals surface area contributed by atoms with E-state index in [1.165, 1.54) is 0 Å². The van der Waals surface area contributed by atoms with E-state index in [1.54, 1.807) is 18.5 Å². The second-order valence-electron chi connectivity index (χ2n) is 3.55. The summed E-state index contributed by atoms with van der Waals surface area (Å²) >= 11 is 3.41. The lowest BCUT2D eigenvalue weighted by Crippen LogP contribution is -1.90. The van der Waals surface area contributed by atoms with Crippen LogP contribution < -0.4 is 0 Å². The molecule has 1 N–H and O–H groups in total. The number of halogens is 1. The van der Waals surface area contributed by atoms with Gasteiger partial charge in [-0.05, 0) is 29.3 Å². The highest BCUT2D eigenvalue weighted by molar-refractivity contribution is 9.10. The zero-order valence-corrected chi connectivity index (χ0v) is 10.8. The molecule has 0 aliphatic carbocycles. The van der Waals surface area contributed by atoms with E-state index in [-0.39, 0.29) is 6.61 Å². The van der Waals surface area contributed by atoms with Crippen molar-refractivity contribution in [1.29, 1.82) is 0 Å². The number of rotatable bonds is 3. The maximum Gasteiger partial charge on any atom is 0.0621 e. The Kier molecular flexibility index (Phi) is 4.07. The molecule has 0 bridgehead atoms. The van der Waals surface area contributed by atoms with Crippen molar-refractivity contribution in [2.45, 2.75) is 0 Å². The highest BCUT2D eigenvalue weighted by Gasteiger charge is 2.04. The molecular formula is C14H12BrNO. The van der Waals surface area contributed by atoms with E-state index in [0.717, 1.165) is 21.2 Å². The van der Waals surface area contributed by atoms with Crippen molar-refractivity contribution >= 4 is 21.5 Å². The first-order valence-electron chi connectivity index (χ1n) is 5.28. The summed E-state index contributed by atoms with van der Waals surface area (Å²) in [6.45, 7) is 0.0142. The molecule has 0 unspecified atom stereocenters. The molecule has 17 heavy (non-hydrogen) atoms. The molecule has 0 saturated heterocycles. The Balaban J connectivity index is 2.44. The Morgan fingerprint density at radius 2 is 1.94 bits per heavy atom. The predicted molar refractivity (Wildman–Crippen MR) is 72.5 cm³/mol. The van der Waals surface area contributed by atoms with Gasteiger partial charge in [0.05, 0.1) is 6.61 Å². The van der Waals surface area contributed by atoms with E-state index < -0.39 is 0 Å².